The molecule has 0 saturated heterocycles. The van der Waals surface area contributed by atoms with Gasteiger partial charge in [-0.05, 0) is 30.5 Å². The van der Waals surface area contributed by atoms with Gasteiger partial charge in [0.15, 0.2) is 0 Å². The highest BCUT2D eigenvalue weighted by molar-refractivity contribution is 6.00. The minimum Gasteiger partial charge on any atom is -0.491 e. The molecule has 0 spiro atoms. The number of fused-ring (bicyclic) bond motifs is 1. The monoisotopic (exact) mass is 324 g/mol. The first-order valence-corrected chi connectivity index (χ1v) is 8.11. The minimum atomic E-state index is -0.340. The summed E-state index contributed by atoms with van der Waals surface area (Å²) in [6, 6.07) is 13.0. The summed E-state index contributed by atoms with van der Waals surface area (Å²) in [7, 11) is 0. The lowest BCUT2D eigenvalue weighted by atomic mass is 10.1. The van der Waals surface area contributed by atoms with Crippen LogP contribution in [0, 0.1) is 17.0 Å². The maximum Gasteiger partial charge on any atom is 0.279 e. The number of aromatic nitrogens is 1. The average molecular weight is 324 g/mol. The highest BCUT2D eigenvalue weighted by Crippen LogP contribution is 2.39. The molecule has 0 fully saturated rings. The van der Waals surface area contributed by atoms with Crippen LogP contribution in [0.3, 0.4) is 0 Å². The molecule has 0 aliphatic carbocycles. The summed E-state index contributed by atoms with van der Waals surface area (Å²) in [4.78, 5) is 14.4. The van der Waals surface area contributed by atoms with Gasteiger partial charge in [0.2, 0.25) is 0 Å². The number of nitro groups is 1. The number of aryl methyl sites for hydroxylation is 1. The van der Waals surface area contributed by atoms with E-state index in [1.165, 1.54) is 6.07 Å². The molecule has 2 aromatic carbocycles. The van der Waals surface area contributed by atoms with E-state index in [2.05, 4.69) is 11.9 Å². The number of nitro benzene ring substituents is 1. The number of hydrogen-bond acceptors (Lipinski definition) is 3. The number of rotatable bonds is 6. The van der Waals surface area contributed by atoms with Crippen molar-refractivity contribution in [2.24, 2.45) is 0 Å². The van der Waals surface area contributed by atoms with Gasteiger partial charge in [0.05, 0.1) is 22.4 Å². The number of aromatic amines is 1. The molecule has 0 bridgehead atoms. The Hall–Kier alpha value is -2.82. The van der Waals surface area contributed by atoms with Gasteiger partial charge in [-0.15, -0.1) is 0 Å². The fourth-order valence-electron chi connectivity index (χ4n) is 2.91. The number of non-ortho nitro benzene ring substituents is 1. The number of hydrogen-bond donors (Lipinski definition) is 1. The van der Waals surface area contributed by atoms with E-state index in [-0.39, 0.29) is 10.6 Å². The lowest BCUT2D eigenvalue weighted by Gasteiger charge is -2.07. The third kappa shape index (κ3) is 2.85. The van der Waals surface area contributed by atoms with Crippen molar-refractivity contribution in [1.29, 1.82) is 0 Å². The molecule has 1 N–H and O–H groups in total. The summed E-state index contributed by atoms with van der Waals surface area (Å²) >= 11 is 0. The molecule has 3 rings (SSSR count). The summed E-state index contributed by atoms with van der Waals surface area (Å²) in [5.74, 6) is 0.661. The Kier molecular flexibility index (Phi) is 4.51. The van der Waals surface area contributed by atoms with Gasteiger partial charge < -0.3 is 9.72 Å². The Labute approximate surface area is 140 Å². The highest BCUT2D eigenvalue weighted by atomic mass is 16.6. The largest absolute Gasteiger partial charge is 0.491 e. The van der Waals surface area contributed by atoms with Gasteiger partial charge in [0.25, 0.3) is 5.69 Å². The number of H-pyrrole nitrogens is 1. The molecular formula is C19H20N2O3. The molecule has 1 heterocycles. The number of ether oxygens (including phenoxy) is 1. The smallest absolute Gasteiger partial charge is 0.279 e. The van der Waals surface area contributed by atoms with Gasteiger partial charge in [-0.3, -0.25) is 10.1 Å². The van der Waals surface area contributed by atoms with Gasteiger partial charge in [-0.2, -0.15) is 0 Å². The molecule has 0 aliphatic rings. The number of nitrogens with one attached hydrogen (secondary N) is 1. The molecule has 3 aromatic rings. The van der Waals surface area contributed by atoms with E-state index in [1.807, 2.05) is 37.3 Å². The van der Waals surface area contributed by atoms with Crippen LogP contribution in [0.25, 0.3) is 22.2 Å². The second-order valence-electron chi connectivity index (χ2n) is 5.78. The van der Waals surface area contributed by atoms with E-state index < -0.39 is 0 Å². The van der Waals surface area contributed by atoms with E-state index >= 15 is 0 Å². The molecule has 0 unspecified atom stereocenters. The molecule has 1 aromatic heterocycles. The van der Waals surface area contributed by atoms with Gasteiger partial charge in [0, 0.05) is 11.8 Å². The van der Waals surface area contributed by atoms with Crippen molar-refractivity contribution < 1.29 is 9.66 Å². The molecular weight excluding hydrogens is 304 g/mol. The first kappa shape index (κ1) is 16.1. The molecule has 24 heavy (non-hydrogen) atoms. The second-order valence-corrected chi connectivity index (χ2v) is 5.78. The Balaban J connectivity index is 2.19. The zero-order valence-electron chi connectivity index (χ0n) is 13.8. The third-order valence-corrected chi connectivity index (χ3v) is 4.16. The Morgan fingerprint density at radius 3 is 2.58 bits per heavy atom. The van der Waals surface area contributed by atoms with Crippen molar-refractivity contribution in [3.8, 4) is 17.0 Å². The Morgan fingerprint density at radius 2 is 1.92 bits per heavy atom. The van der Waals surface area contributed by atoms with Gasteiger partial charge in [-0.25, -0.2) is 0 Å². The van der Waals surface area contributed by atoms with Crippen LogP contribution in [-0.4, -0.2) is 16.5 Å². The molecule has 0 radical (unpaired) electrons. The summed E-state index contributed by atoms with van der Waals surface area (Å²) in [5.41, 5.74) is 3.55. The Morgan fingerprint density at radius 1 is 1.17 bits per heavy atom. The van der Waals surface area contributed by atoms with Crippen LogP contribution in [0.2, 0.25) is 0 Å². The van der Waals surface area contributed by atoms with E-state index in [9.17, 15) is 10.1 Å². The van der Waals surface area contributed by atoms with E-state index in [4.69, 9.17) is 4.74 Å². The third-order valence-electron chi connectivity index (χ3n) is 4.16. The number of benzene rings is 2. The SMILES string of the molecule is CCCCOc1ccc([N+](=O)[O-])c2c(C)c(-c3ccccc3)[nH]c12. The van der Waals surface area contributed by atoms with Crippen LogP contribution in [0.5, 0.6) is 5.75 Å². The fraction of sp³-hybridized carbons (Fsp3) is 0.263. The van der Waals surface area contributed by atoms with Crippen LogP contribution in [0.15, 0.2) is 42.5 Å². The molecule has 0 saturated carbocycles. The van der Waals surface area contributed by atoms with Crippen molar-refractivity contribution in [3.05, 3.63) is 58.1 Å². The quantitative estimate of drug-likeness (QED) is 0.383. The van der Waals surface area contributed by atoms with Crippen LogP contribution in [0.4, 0.5) is 5.69 Å². The predicted octanol–water partition coefficient (Wildman–Crippen LogP) is 5.23. The predicted molar refractivity (Wildman–Crippen MR) is 95.5 cm³/mol. The second kappa shape index (κ2) is 6.74. The molecule has 0 amide bonds. The number of unbranched alkanes of at least 4 members (excludes halogenated alkanes) is 1. The van der Waals surface area contributed by atoms with Crippen LogP contribution < -0.4 is 4.74 Å². The summed E-state index contributed by atoms with van der Waals surface area (Å²) < 4.78 is 5.84. The maximum atomic E-state index is 11.4. The van der Waals surface area contributed by atoms with E-state index in [1.54, 1.807) is 6.07 Å². The average Bonchev–Trinajstić information content (AvgIpc) is 2.94. The maximum absolute atomic E-state index is 11.4. The van der Waals surface area contributed by atoms with E-state index in [0.717, 1.165) is 29.7 Å². The topological polar surface area (TPSA) is 68.2 Å². The van der Waals surface area contributed by atoms with Crippen LogP contribution >= 0.6 is 0 Å². The standard InChI is InChI=1S/C19H20N2O3/c1-3-4-12-24-16-11-10-15(21(22)23)17-13(2)18(20-19(16)17)14-8-6-5-7-9-14/h5-11,20H,3-4,12H2,1-2H3. The number of nitrogens with zero attached hydrogens (tertiary/aromatic N) is 1. The molecule has 0 aliphatic heterocycles. The van der Waals surface area contributed by atoms with Gasteiger partial charge in [0.1, 0.15) is 5.75 Å². The van der Waals surface area contributed by atoms with Crippen LogP contribution in [0.1, 0.15) is 25.3 Å². The minimum absolute atomic E-state index is 0.101. The van der Waals surface area contributed by atoms with Crippen molar-refractivity contribution in [2.45, 2.75) is 26.7 Å². The normalized spacial score (nSPS) is 10.9. The van der Waals surface area contributed by atoms with Crippen molar-refractivity contribution >= 4 is 16.6 Å². The first-order chi connectivity index (χ1) is 11.6. The van der Waals surface area contributed by atoms with Crippen molar-refractivity contribution in [3.63, 3.8) is 0 Å². The highest BCUT2D eigenvalue weighted by Gasteiger charge is 2.22. The zero-order valence-corrected chi connectivity index (χ0v) is 13.8. The molecule has 0 atom stereocenters. The summed E-state index contributed by atoms with van der Waals surface area (Å²) in [5, 5.41) is 12.1. The van der Waals surface area contributed by atoms with Gasteiger partial charge >= 0.3 is 0 Å². The van der Waals surface area contributed by atoms with Gasteiger partial charge in [-0.1, -0.05) is 43.7 Å². The first-order valence-electron chi connectivity index (χ1n) is 8.11. The summed E-state index contributed by atoms with van der Waals surface area (Å²) in [6.45, 7) is 4.60. The molecule has 124 valence electrons. The van der Waals surface area contributed by atoms with Crippen molar-refractivity contribution in [2.75, 3.05) is 6.61 Å². The van der Waals surface area contributed by atoms with Crippen molar-refractivity contribution in [1.82, 2.24) is 4.98 Å². The lowest BCUT2D eigenvalue weighted by molar-refractivity contribution is -0.383. The fourth-order valence-corrected chi connectivity index (χ4v) is 2.91. The molecule has 5 nitrogen and oxygen atoms in total. The lowest BCUT2D eigenvalue weighted by Crippen LogP contribution is -1.98. The van der Waals surface area contributed by atoms with Crippen LogP contribution in [-0.2, 0) is 0 Å². The zero-order chi connectivity index (χ0) is 17.1. The van der Waals surface area contributed by atoms with E-state index in [0.29, 0.717) is 23.3 Å². The summed E-state index contributed by atoms with van der Waals surface area (Å²) in [6.07, 6.45) is 1.98. The molecule has 5 heteroatoms. The Bertz CT molecular complexity index is 869.